The van der Waals surface area contributed by atoms with Gasteiger partial charge in [0.2, 0.25) is 6.10 Å². The Morgan fingerprint density at radius 2 is 1.61 bits per heavy atom. The molecule has 10 heteroatoms. The maximum absolute atomic E-state index is 11.9. The van der Waals surface area contributed by atoms with E-state index in [1.54, 1.807) is 21.6 Å². The van der Waals surface area contributed by atoms with Crippen molar-refractivity contribution in [2.24, 2.45) is 0 Å². The van der Waals surface area contributed by atoms with Crippen LogP contribution in [0, 0.1) is 0 Å². The van der Waals surface area contributed by atoms with Crippen molar-refractivity contribution in [3.63, 3.8) is 0 Å². The lowest BCUT2D eigenvalue weighted by Crippen LogP contribution is -2.38. The molecule has 1 aromatic rings. The number of nitrogens with one attached hydrogen (secondary N) is 2. The largest absolute Gasteiger partial charge is 0.446 e. The van der Waals surface area contributed by atoms with Gasteiger partial charge in [-0.3, -0.25) is 19.2 Å². The molecule has 0 aromatic heterocycles. The van der Waals surface area contributed by atoms with Crippen LogP contribution in [0.25, 0.3) is 0 Å². The number of benzene rings is 1. The Bertz CT molecular complexity index is 771. The highest BCUT2D eigenvalue weighted by Gasteiger charge is 2.35. The number of carbonyl (C=O) groups excluding carboxylic acids is 5. The number of Topliss-reactive ketones (excluding diaryl/α,β-unsaturated/α-hetero) is 3. The van der Waals surface area contributed by atoms with Gasteiger partial charge in [-0.1, -0.05) is 39.8 Å². The van der Waals surface area contributed by atoms with E-state index >= 15 is 0 Å². The third-order valence-electron chi connectivity index (χ3n) is 4.35. The highest BCUT2D eigenvalue weighted by molar-refractivity contribution is 8.76. The number of urea groups is 1. The minimum absolute atomic E-state index is 0.0228. The molecule has 0 spiro atoms. The predicted molar refractivity (Wildman–Crippen MR) is 119 cm³/mol. The zero-order valence-electron chi connectivity index (χ0n) is 17.1. The van der Waals surface area contributed by atoms with Crippen molar-refractivity contribution in [2.75, 3.05) is 18.8 Å². The lowest BCUT2D eigenvalue weighted by Gasteiger charge is -2.10. The van der Waals surface area contributed by atoms with E-state index in [2.05, 4.69) is 10.6 Å². The first-order valence-corrected chi connectivity index (χ1v) is 12.4. The van der Waals surface area contributed by atoms with Gasteiger partial charge in [-0.15, -0.1) is 0 Å². The van der Waals surface area contributed by atoms with Gasteiger partial charge in [-0.05, 0) is 18.6 Å². The molecule has 8 nitrogen and oxygen atoms in total. The molecule has 1 fully saturated rings. The van der Waals surface area contributed by atoms with Gasteiger partial charge >= 0.3 is 12.0 Å². The molecule has 1 saturated carbocycles. The molecule has 0 heterocycles. The van der Waals surface area contributed by atoms with Crippen molar-refractivity contribution in [1.29, 1.82) is 0 Å². The highest BCUT2D eigenvalue weighted by Crippen LogP contribution is 2.31. The minimum atomic E-state index is -1.28. The fraction of sp³-hybridized carbons (Fsp3) is 0.476. The molecule has 0 bridgehead atoms. The standard InChI is InChI=1S/C21H26N2O6S2/c24-15(11-14-30-31-16-6-2-1-3-7-16)5-4-12-22-21(28)23-13-10-19(27)29-20-17(25)8-9-18(20)26/h1-3,6-7,20H,4-5,8-14H2,(H2,22,23,28). The molecule has 0 radical (unpaired) electrons. The van der Waals surface area contributed by atoms with Crippen LogP contribution in [0.5, 0.6) is 0 Å². The van der Waals surface area contributed by atoms with Crippen LogP contribution in [0.3, 0.4) is 0 Å². The van der Waals surface area contributed by atoms with Crippen molar-refractivity contribution < 1.29 is 28.7 Å². The average Bonchev–Trinajstić information content (AvgIpc) is 3.07. The molecule has 0 unspecified atom stereocenters. The van der Waals surface area contributed by atoms with Crippen LogP contribution < -0.4 is 10.6 Å². The molecule has 168 valence electrons. The van der Waals surface area contributed by atoms with E-state index in [0.717, 1.165) is 10.6 Å². The van der Waals surface area contributed by atoms with E-state index in [0.29, 0.717) is 25.8 Å². The quantitative estimate of drug-likeness (QED) is 0.197. The van der Waals surface area contributed by atoms with E-state index in [4.69, 9.17) is 4.74 Å². The number of carbonyl (C=O) groups is 5. The van der Waals surface area contributed by atoms with Crippen LogP contribution >= 0.6 is 21.6 Å². The molecule has 1 aliphatic rings. The lowest BCUT2D eigenvalue weighted by atomic mass is 10.2. The molecule has 2 rings (SSSR count). The van der Waals surface area contributed by atoms with Crippen molar-refractivity contribution in [1.82, 2.24) is 10.6 Å². The molecule has 1 aliphatic carbocycles. The summed E-state index contributed by atoms with van der Waals surface area (Å²) in [5.41, 5.74) is 0. The van der Waals surface area contributed by atoms with Gasteiger partial charge in [0.25, 0.3) is 0 Å². The van der Waals surface area contributed by atoms with Gasteiger partial charge in [-0.2, -0.15) is 0 Å². The summed E-state index contributed by atoms with van der Waals surface area (Å²) in [7, 11) is 3.29. The van der Waals surface area contributed by atoms with E-state index in [1.807, 2.05) is 30.3 Å². The van der Waals surface area contributed by atoms with Crippen LogP contribution in [0.15, 0.2) is 35.2 Å². The maximum Gasteiger partial charge on any atom is 0.314 e. The number of ketones is 3. The smallest absolute Gasteiger partial charge is 0.314 e. The Kier molecular flexibility index (Phi) is 11.2. The minimum Gasteiger partial charge on any atom is -0.446 e. The van der Waals surface area contributed by atoms with Crippen LogP contribution in [0.1, 0.15) is 38.5 Å². The fourth-order valence-corrected chi connectivity index (χ4v) is 4.74. The molecule has 31 heavy (non-hydrogen) atoms. The summed E-state index contributed by atoms with van der Waals surface area (Å²) in [6, 6.07) is 9.51. The Balaban J connectivity index is 1.44. The van der Waals surface area contributed by atoms with Crippen molar-refractivity contribution in [2.45, 2.75) is 49.5 Å². The van der Waals surface area contributed by atoms with Crippen molar-refractivity contribution >= 4 is 50.9 Å². The van der Waals surface area contributed by atoms with Gasteiger partial charge in [0, 0.05) is 49.4 Å². The Hall–Kier alpha value is -2.33. The van der Waals surface area contributed by atoms with E-state index in [1.165, 1.54) is 0 Å². The normalized spacial score (nSPS) is 13.8. The van der Waals surface area contributed by atoms with E-state index < -0.39 is 18.1 Å². The topological polar surface area (TPSA) is 119 Å². The number of hydrogen-bond acceptors (Lipinski definition) is 8. The number of hydrogen-bond donors (Lipinski definition) is 2. The highest BCUT2D eigenvalue weighted by atomic mass is 33.1. The SMILES string of the molecule is O=C(CCCNC(=O)NCCC(=O)OC1C(=O)CCC1=O)CCSSc1ccccc1. The second-order valence-corrected chi connectivity index (χ2v) is 9.33. The van der Waals surface area contributed by atoms with Gasteiger partial charge < -0.3 is 15.4 Å². The van der Waals surface area contributed by atoms with E-state index in [-0.39, 0.29) is 43.2 Å². The second kappa shape index (κ2) is 13.9. The zero-order valence-corrected chi connectivity index (χ0v) is 18.7. The van der Waals surface area contributed by atoms with Gasteiger partial charge in [0.1, 0.15) is 5.78 Å². The fourth-order valence-electron chi connectivity index (χ4n) is 2.70. The second-order valence-electron chi connectivity index (χ2n) is 6.85. The van der Waals surface area contributed by atoms with E-state index in [9.17, 15) is 24.0 Å². The molecule has 0 saturated heterocycles. The number of rotatable bonds is 13. The number of ether oxygens (including phenoxy) is 1. The Morgan fingerprint density at radius 1 is 0.935 bits per heavy atom. The first-order valence-electron chi connectivity index (χ1n) is 10.1. The summed E-state index contributed by atoms with van der Waals surface area (Å²) in [5, 5.41) is 5.11. The first kappa shape index (κ1) is 24.9. The van der Waals surface area contributed by atoms with Crippen LogP contribution in [0.2, 0.25) is 0 Å². The summed E-state index contributed by atoms with van der Waals surface area (Å²) in [4.78, 5) is 59.2. The van der Waals surface area contributed by atoms with Crippen molar-refractivity contribution in [3.05, 3.63) is 30.3 Å². The molecule has 1 aromatic carbocycles. The van der Waals surface area contributed by atoms with Gasteiger partial charge in [0.05, 0.1) is 6.42 Å². The Morgan fingerprint density at radius 3 is 2.32 bits per heavy atom. The summed E-state index contributed by atoms with van der Waals surface area (Å²) < 4.78 is 4.86. The number of amides is 2. The Labute approximate surface area is 189 Å². The average molecular weight is 467 g/mol. The number of esters is 1. The lowest BCUT2D eigenvalue weighted by molar-refractivity contribution is -0.157. The molecular formula is C21H26N2O6S2. The third-order valence-corrected chi connectivity index (χ3v) is 6.73. The molecule has 2 N–H and O–H groups in total. The van der Waals surface area contributed by atoms with Crippen LogP contribution in [-0.4, -0.2) is 54.3 Å². The third kappa shape index (κ3) is 10.0. The molecular weight excluding hydrogens is 440 g/mol. The first-order chi connectivity index (χ1) is 15.0. The maximum atomic E-state index is 11.9. The predicted octanol–water partition coefficient (Wildman–Crippen LogP) is 2.70. The summed E-state index contributed by atoms with van der Waals surface area (Å²) in [6.07, 6.45) is 0.210. The molecule has 2 amide bonds. The zero-order chi connectivity index (χ0) is 22.5. The van der Waals surface area contributed by atoms with Gasteiger partial charge in [-0.25, -0.2) is 4.79 Å². The molecule has 0 atom stereocenters. The van der Waals surface area contributed by atoms with Crippen LogP contribution in [0.4, 0.5) is 4.79 Å². The van der Waals surface area contributed by atoms with Crippen molar-refractivity contribution in [3.8, 4) is 0 Å². The van der Waals surface area contributed by atoms with Crippen LogP contribution in [-0.2, 0) is 23.9 Å². The summed E-state index contributed by atoms with van der Waals surface area (Å²) in [6.45, 7) is 0.369. The summed E-state index contributed by atoms with van der Waals surface area (Å²) in [5.74, 6) is -0.579. The molecule has 0 aliphatic heterocycles. The van der Waals surface area contributed by atoms with Gasteiger partial charge in [0.15, 0.2) is 11.6 Å². The summed E-state index contributed by atoms with van der Waals surface area (Å²) >= 11 is 0. The monoisotopic (exact) mass is 466 g/mol.